The zero-order valence-corrected chi connectivity index (χ0v) is 17.8. The van der Waals surface area contributed by atoms with E-state index in [2.05, 4.69) is 12.2 Å². The standard InChI is InChI=1S/C23H27N3O5/c1-3-17-6-4-5-7-20(17)24-22(27)15-31-23(28)19-14-18(26(29)30)8-9-21(19)25-12-10-16(2)11-13-25/h4-9,14,16H,3,10-13,15H2,1-2H3,(H,24,27). The Morgan fingerprint density at radius 2 is 1.90 bits per heavy atom. The van der Waals surface area contributed by atoms with Gasteiger partial charge in [0.2, 0.25) is 0 Å². The van der Waals surface area contributed by atoms with E-state index in [4.69, 9.17) is 4.74 Å². The predicted octanol–water partition coefficient (Wildman–Crippen LogP) is 4.19. The Hall–Kier alpha value is -3.42. The fraction of sp³-hybridized carbons (Fsp3) is 0.391. The summed E-state index contributed by atoms with van der Waals surface area (Å²) in [6.07, 6.45) is 2.71. The highest BCUT2D eigenvalue weighted by Crippen LogP contribution is 2.30. The average molecular weight is 425 g/mol. The molecule has 1 aliphatic heterocycles. The molecule has 1 fully saturated rings. The number of anilines is 2. The minimum Gasteiger partial charge on any atom is -0.452 e. The number of nitro groups is 1. The Morgan fingerprint density at radius 3 is 2.58 bits per heavy atom. The quantitative estimate of drug-likeness (QED) is 0.405. The molecular formula is C23H27N3O5. The minimum absolute atomic E-state index is 0.102. The SMILES string of the molecule is CCc1ccccc1NC(=O)COC(=O)c1cc([N+](=O)[O-])ccc1N1CCC(C)CC1. The van der Waals surface area contributed by atoms with Crippen molar-refractivity contribution in [1.82, 2.24) is 0 Å². The number of aryl methyl sites for hydroxylation is 1. The van der Waals surface area contributed by atoms with Crippen LogP contribution in [0.2, 0.25) is 0 Å². The van der Waals surface area contributed by atoms with E-state index in [1.54, 1.807) is 12.1 Å². The second kappa shape index (κ2) is 10.1. The van der Waals surface area contributed by atoms with Crippen LogP contribution in [0, 0.1) is 16.0 Å². The zero-order valence-electron chi connectivity index (χ0n) is 17.8. The third kappa shape index (κ3) is 5.59. The molecule has 31 heavy (non-hydrogen) atoms. The summed E-state index contributed by atoms with van der Waals surface area (Å²) in [6, 6.07) is 11.6. The number of piperidine rings is 1. The molecular weight excluding hydrogens is 398 g/mol. The monoisotopic (exact) mass is 425 g/mol. The van der Waals surface area contributed by atoms with Crippen molar-refractivity contribution in [3.05, 3.63) is 63.7 Å². The molecule has 0 atom stereocenters. The van der Waals surface area contributed by atoms with Gasteiger partial charge >= 0.3 is 5.97 Å². The Labute approximate surface area is 181 Å². The molecule has 8 nitrogen and oxygen atoms in total. The van der Waals surface area contributed by atoms with Gasteiger partial charge in [0.25, 0.3) is 11.6 Å². The van der Waals surface area contributed by atoms with Gasteiger partial charge in [-0.15, -0.1) is 0 Å². The lowest BCUT2D eigenvalue weighted by Crippen LogP contribution is -2.34. The molecule has 164 valence electrons. The van der Waals surface area contributed by atoms with Crippen LogP contribution in [-0.4, -0.2) is 36.5 Å². The average Bonchev–Trinajstić information content (AvgIpc) is 2.78. The van der Waals surface area contributed by atoms with E-state index in [1.807, 2.05) is 30.0 Å². The number of nitrogens with one attached hydrogen (secondary N) is 1. The van der Waals surface area contributed by atoms with Crippen LogP contribution < -0.4 is 10.2 Å². The number of esters is 1. The summed E-state index contributed by atoms with van der Waals surface area (Å²) in [6.45, 7) is 5.20. The molecule has 1 heterocycles. The molecule has 0 bridgehead atoms. The van der Waals surface area contributed by atoms with Crippen LogP contribution in [0.5, 0.6) is 0 Å². The number of hydrogen-bond donors (Lipinski definition) is 1. The lowest BCUT2D eigenvalue weighted by atomic mass is 9.98. The maximum Gasteiger partial charge on any atom is 0.341 e. The van der Waals surface area contributed by atoms with Gasteiger partial charge in [-0.1, -0.05) is 32.0 Å². The van der Waals surface area contributed by atoms with Gasteiger partial charge in [-0.2, -0.15) is 0 Å². The number of carbonyl (C=O) groups is 2. The van der Waals surface area contributed by atoms with Crippen LogP contribution in [0.1, 0.15) is 42.6 Å². The number of hydrogen-bond acceptors (Lipinski definition) is 6. The normalized spacial score (nSPS) is 14.2. The molecule has 0 spiro atoms. The van der Waals surface area contributed by atoms with E-state index in [9.17, 15) is 19.7 Å². The van der Waals surface area contributed by atoms with Crippen LogP contribution in [0.15, 0.2) is 42.5 Å². The minimum atomic E-state index is -0.753. The van der Waals surface area contributed by atoms with E-state index in [-0.39, 0.29) is 11.3 Å². The van der Waals surface area contributed by atoms with Crippen molar-refractivity contribution < 1.29 is 19.2 Å². The second-order valence-corrected chi connectivity index (χ2v) is 7.76. The summed E-state index contributed by atoms with van der Waals surface area (Å²) < 4.78 is 5.22. The molecule has 1 saturated heterocycles. The number of carbonyl (C=O) groups excluding carboxylic acids is 2. The molecule has 8 heteroatoms. The Bertz CT molecular complexity index is 967. The lowest BCUT2D eigenvalue weighted by Gasteiger charge is -2.33. The van der Waals surface area contributed by atoms with Gasteiger partial charge in [0.1, 0.15) is 0 Å². The van der Waals surface area contributed by atoms with Gasteiger partial charge < -0.3 is 15.0 Å². The van der Waals surface area contributed by atoms with Crippen LogP contribution in [0.3, 0.4) is 0 Å². The molecule has 0 aromatic heterocycles. The van der Waals surface area contributed by atoms with Gasteiger partial charge in [-0.3, -0.25) is 14.9 Å². The molecule has 0 saturated carbocycles. The fourth-order valence-electron chi connectivity index (χ4n) is 3.67. The third-order valence-electron chi connectivity index (χ3n) is 5.54. The van der Waals surface area contributed by atoms with Crippen molar-refractivity contribution in [1.29, 1.82) is 0 Å². The van der Waals surface area contributed by atoms with Gasteiger partial charge in [0.05, 0.1) is 16.2 Å². The summed E-state index contributed by atoms with van der Waals surface area (Å²) >= 11 is 0. The highest BCUT2D eigenvalue weighted by molar-refractivity contribution is 5.99. The van der Waals surface area contributed by atoms with Crippen LogP contribution >= 0.6 is 0 Å². The van der Waals surface area contributed by atoms with Crippen molar-refractivity contribution in [3.63, 3.8) is 0 Å². The van der Waals surface area contributed by atoms with E-state index < -0.39 is 23.4 Å². The van der Waals surface area contributed by atoms with Gasteiger partial charge in [-0.25, -0.2) is 4.79 Å². The fourth-order valence-corrected chi connectivity index (χ4v) is 3.67. The predicted molar refractivity (Wildman–Crippen MR) is 118 cm³/mol. The zero-order chi connectivity index (χ0) is 22.4. The van der Waals surface area contributed by atoms with Crippen molar-refractivity contribution in [3.8, 4) is 0 Å². The van der Waals surface area contributed by atoms with Crippen molar-refractivity contribution in [2.45, 2.75) is 33.1 Å². The maximum absolute atomic E-state index is 12.8. The van der Waals surface area contributed by atoms with E-state index in [0.717, 1.165) is 37.9 Å². The first kappa shape index (κ1) is 22.3. The van der Waals surface area contributed by atoms with Crippen LogP contribution in [-0.2, 0) is 16.0 Å². The topological polar surface area (TPSA) is 102 Å². The van der Waals surface area contributed by atoms with Crippen molar-refractivity contribution in [2.75, 3.05) is 29.9 Å². The van der Waals surface area contributed by atoms with Crippen molar-refractivity contribution in [2.24, 2.45) is 5.92 Å². The van der Waals surface area contributed by atoms with E-state index >= 15 is 0 Å². The summed E-state index contributed by atoms with van der Waals surface area (Å²) in [5.41, 5.74) is 2.15. The first-order chi connectivity index (χ1) is 14.9. The number of ether oxygens (including phenoxy) is 1. The van der Waals surface area contributed by atoms with E-state index in [1.165, 1.54) is 12.1 Å². The number of non-ortho nitro benzene ring substituents is 1. The molecule has 0 unspecified atom stereocenters. The summed E-state index contributed by atoms with van der Waals surface area (Å²) in [7, 11) is 0. The summed E-state index contributed by atoms with van der Waals surface area (Å²) in [4.78, 5) is 37.8. The third-order valence-corrected chi connectivity index (χ3v) is 5.54. The Balaban J connectivity index is 1.72. The van der Waals surface area contributed by atoms with Gasteiger partial charge in [0, 0.05) is 30.9 Å². The molecule has 2 aromatic rings. The molecule has 1 N–H and O–H groups in total. The number of nitrogens with zero attached hydrogens (tertiary/aromatic N) is 2. The van der Waals surface area contributed by atoms with Gasteiger partial charge in [-0.05, 0) is 42.9 Å². The Morgan fingerprint density at radius 1 is 1.19 bits per heavy atom. The molecule has 3 rings (SSSR count). The molecule has 1 aliphatic rings. The van der Waals surface area contributed by atoms with Crippen LogP contribution in [0.4, 0.5) is 17.1 Å². The smallest absolute Gasteiger partial charge is 0.341 e. The highest BCUT2D eigenvalue weighted by Gasteiger charge is 2.25. The van der Waals surface area contributed by atoms with Crippen LogP contribution in [0.25, 0.3) is 0 Å². The Kier molecular flexibility index (Phi) is 7.23. The summed E-state index contributed by atoms with van der Waals surface area (Å²) in [5.74, 6) is -0.622. The largest absolute Gasteiger partial charge is 0.452 e. The first-order valence-electron chi connectivity index (χ1n) is 10.5. The molecule has 2 aromatic carbocycles. The number of nitro benzene ring substituents is 1. The maximum atomic E-state index is 12.8. The number of para-hydroxylation sites is 1. The van der Waals surface area contributed by atoms with Crippen molar-refractivity contribution >= 4 is 28.9 Å². The summed E-state index contributed by atoms with van der Waals surface area (Å²) in [5, 5.41) is 14.0. The van der Waals surface area contributed by atoms with E-state index in [0.29, 0.717) is 17.3 Å². The first-order valence-corrected chi connectivity index (χ1v) is 10.5. The highest BCUT2D eigenvalue weighted by atomic mass is 16.6. The lowest BCUT2D eigenvalue weighted by molar-refractivity contribution is -0.384. The molecule has 0 radical (unpaired) electrons. The molecule has 1 amide bonds. The molecule has 0 aliphatic carbocycles. The second-order valence-electron chi connectivity index (χ2n) is 7.76. The number of benzene rings is 2. The number of amides is 1. The van der Waals surface area contributed by atoms with Gasteiger partial charge in [0.15, 0.2) is 6.61 Å². The number of rotatable bonds is 7.